The number of aliphatic hydroxyl groups is 1. The number of aromatic nitrogens is 3. The third-order valence-electron chi connectivity index (χ3n) is 2.52. The lowest BCUT2D eigenvalue weighted by molar-refractivity contribution is 0.209. The zero-order chi connectivity index (χ0) is 12.4. The van der Waals surface area contributed by atoms with Crippen LogP contribution >= 0.6 is 0 Å². The lowest BCUT2D eigenvalue weighted by Crippen LogP contribution is -2.07. The summed E-state index contributed by atoms with van der Waals surface area (Å²) in [7, 11) is 3.05. The molecule has 17 heavy (non-hydrogen) atoms. The van der Waals surface area contributed by atoms with Crippen LogP contribution in [0.5, 0.6) is 5.75 Å². The van der Waals surface area contributed by atoms with E-state index in [1.165, 1.54) is 36.2 Å². The van der Waals surface area contributed by atoms with E-state index in [9.17, 15) is 9.50 Å². The molecular formula is C11H12FN3O2. The molecule has 0 saturated heterocycles. The van der Waals surface area contributed by atoms with E-state index in [2.05, 4.69) is 10.3 Å². The number of ether oxygens (including phenoxy) is 1. The molecule has 1 atom stereocenters. The van der Waals surface area contributed by atoms with Crippen molar-refractivity contribution in [3.05, 3.63) is 41.5 Å². The van der Waals surface area contributed by atoms with Crippen molar-refractivity contribution in [3.63, 3.8) is 0 Å². The van der Waals surface area contributed by atoms with Crippen LogP contribution in [0.2, 0.25) is 0 Å². The SMILES string of the molecule is COc1cc(C(O)c2cnnn2C)ccc1F. The predicted octanol–water partition coefficient (Wildman–Crippen LogP) is 1.04. The molecule has 0 bridgehead atoms. The molecule has 6 heteroatoms. The van der Waals surface area contributed by atoms with Crippen LogP contribution < -0.4 is 4.74 Å². The second-order valence-corrected chi connectivity index (χ2v) is 3.58. The molecule has 0 amide bonds. The van der Waals surface area contributed by atoms with E-state index in [0.717, 1.165) is 0 Å². The Morgan fingerprint density at radius 1 is 1.47 bits per heavy atom. The van der Waals surface area contributed by atoms with Crippen molar-refractivity contribution in [1.82, 2.24) is 15.0 Å². The molecule has 0 fully saturated rings. The first kappa shape index (κ1) is 11.5. The number of methoxy groups -OCH3 is 1. The number of benzene rings is 1. The number of aliphatic hydroxyl groups excluding tert-OH is 1. The van der Waals surface area contributed by atoms with Crippen LogP contribution in [0.25, 0.3) is 0 Å². The summed E-state index contributed by atoms with van der Waals surface area (Å²) in [6.45, 7) is 0. The molecule has 1 N–H and O–H groups in total. The number of halogens is 1. The number of hydrogen-bond acceptors (Lipinski definition) is 4. The molecule has 2 aromatic rings. The highest BCUT2D eigenvalue weighted by Crippen LogP contribution is 2.26. The van der Waals surface area contributed by atoms with E-state index < -0.39 is 11.9 Å². The molecule has 5 nitrogen and oxygen atoms in total. The van der Waals surface area contributed by atoms with Gasteiger partial charge in [0.15, 0.2) is 11.6 Å². The quantitative estimate of drug-likeness (QED) is 0.866. The van der Waals surface area contributed by atoms with Crippen molar-refractivity contribution in [2.45, 2.75) is 6.10 Å². The summed E-state index contributed by atoms with van der Waals surface area (Å²) in [6.07, 6.45) is 0.546. The Bertz CT molecular complexity index is 527. The van der Waals surface area contributed by atoms with Crippen LogP contribution in [0.3, 0.4) is 0 Å². The minimum absolute atomic E-state index is 0.0941. The van der Waals surface area contributed by atoms with E-state index >= 15 is 0 Å². The topological polar surface area (TPSA) is 60.2 Å². The molecule has 1 aromatic heterocycles. The average molecular weight is 237 g/mol. The van der Waals surface area contributed by atoms with Gasteiger partial charge in [0, 0.05) is 7.05 Å². The van der Waals surface area contributed by atoms with Crippen molar-refractivity contribution in [3.8, 4) is 5.75 Å². The zero-order valence-electron chi connectivity index (χ0n) is 9.46. The van der Waals surface area contributed by atoms with Crippen LogP contribution in [-0.2, 0) is 7.05 Å². The Labute approximate surface area is 97.5 Å². The van der Waals surface area contributed by atoms with Crippen LogP contribution in [0.1, 0.15) is 17.4 Å². The van der Waals surface area contributed by atoms with Crippen molar-refractivity contribution in [2.24, 2.45) is 7.05 Å². The van der Waals surface area contributed by atoms with E-state index in [-0.39, 0.29) is 5.75 Å². The lowest BCUT2D eigenvalue weighted by Gasteiger charge is -2.12. The molecule has 1 aromatic carbocycles. The predicted molar refractivity (Wildman–Crippen MR) is 58.0 cm³/mol. The molecule has 0 radical (unpaired) electrons. The molecule has 0 aliphatic rings. The van der Waals surface area contributed by atoms with Crippen molar-refractivity contribution in [2.75, 3.05) is 7.11 Å². The largest absolute Gasteiger partial charge is 0.494 e. The third kappa shape index (κ3) is 2.12. The van der Waals surface area contributed by atoms with Crippen molar-refractivity contribution >= 4 is 0 Å². The van der Waals surface area contributed by atoms with Gasteiger partial charge >= 0.3 is 0 Å². The number of aryl methyl sites for hydroxylation is 1. The highest BCUT2D eigenvalue weighted by atomic mass is 19.1. The molecule has 1 heterocycles. The van der Waals surface area contributed by atoms with Gasteiger partial charge in [0.1, 0.15) is 6.10 Å². The van der Waals surface area contributed by atoms with Gasteiger partial charge in [0.2, 0.25) is 0 Å². The minimum Gasteiger partial charge on any atom is -0.494 e. The van der Waals surface area contributed by atoms with Gasteiger partial charge in [-0.1, -0.05) is 11.3 Å². The van der Waals surface area contributed by atoms with Gasteiger partial charge in [-0.25, -0.2) is 9.07 Å². The molecule has 1 unspecified atom stereocenters. The van der Waals surface area contributed by atoms with Crippen molar-refractivity contribution in [1.29, 1.82) is 0 Å². The average Bonchev–Trinajstić information content (AvgIpc) is 2.75. The first-order chi connectivity index (χ1) is 8.13. The van der Waals surface area contributed by atoms with Crippen LogP contribution in [0, 0.1) is 5.82 Å². The molecule has 2 rings (SSSR count). The van der Waals surface area contributed by atoms with Gasteiger partial charge in [-0.3, -0.25) is 0 Å². The fourth-order valence-electron chi connectivity index (χ4n) is 1.56. The summed E-state index contributed by atoms with van der Waals surface area (Å²) in [5.74, 6) is -0.372. The summed E-state index contributed by atoms with van der Waals surface area (Å²) in [5.41, 5.74) is 1.05. The van der Waals surface area contributed by atoms with E-state index in [1.54, 1.807) is 7.05 Å². The Morgan fingerprint density at radius 2 is 2.24 bits per heavy atom. The number of rotatable bonds is 3. The zero-order valence-corrected chi connectivity index (χ0v) is 9.46. The normalized spacial score (nSPS) is 12.5. The Balaban J connectivity index is 2.38. The summed E-state index contributed by atoms with van der Waals surface area (Å²) in [6, 6.07) is 4.20. The van der Waals surface area contributed by atoms with Gasteiger partial charge < -0.3 is 9.84 Å². The van der Waals surface area contributed by atoms with Crippen molar-refractivity contribution < 1.29 is 14.2 Å². The highest BCUT2D eigenvalue weighted by molar-refractivity contribution is 5.34. The monoisotopic (exact) mass is 237 g/mol. The number of nitrogens with zero attached hydrogens (tertiary/aromatic N) is 3. The second-order valence-electron chi connectivity index (χ2n) is 3.58. The standard InChI is InChI=1S/C11H12FN3O2/c1-15-9(6-13-14-15)11(16)7-3-4-8(12)10(5-7)17-2/h3-6,11,16H,1-2H3. The highest BCUT2D eigenvalue weighted by Gasteiger charge is 2.16. The Kier molecular flexibility index (Phi) is 3.06. The smallest absolute Gasteiger partial charge is 0.165 e. The van der Waals surface area contributed by atoms with Crippen LogP contribution in [0.4, 0.5) is 4.39 Å². The molecule has 90 valence electrons. The lowest BCUT2D eigenvalue weighted by atomic mass is 10.1. The van der Waals surface area contributed by atoms with Crippen LogP contribution in [0.15, 0.2) is 24.4 Å². The van der Waals surface area contributed by atoms with Gasteiger partial charge in [-0.2, -0.15) is 0 Å². The molecule has 0 saturated carbocycles. The van der Waals surface area contributed by atoms with Crippen LogP contribution in [-0.4, -0.2) is 27.2 Å². The minimum atomic E-state index is -0.913. The van der Waals surface area contributed by atoms with E-state index in [1.807, 2.05) is 0 Å². The Morgan fingerprint density at radius 3 is 2.82 bits per heavy atom. The van der Waals surface area contributed by atoms with Gasteiger partial charge in [0.05, 0.1) is 19.0 Å². The second kappa shape index (κ2) is 4.50. The fourth-order valence-corrected chi connectivity index (χ4v) is 1.56. The Hall–Kier alpha value is -1.95. The van der Waals surface area contributed by atoms with Gasteiger partial charge in [-0.15, -0.1) is 5.10 Å². The van der Waals surface area contributed by atoms with Gasteiger partial charge in [0.25, 0.3) is 0 Å². The molecule has 0 spiro atoms. The first-order valence-corrected chi connectivity index (χ1v) is 4.99. The molecule has 0 aliphatic heterocycles. The third-order valence-corrected chi connectivity index (χ3v) is 2.52. The maximum atomic E-state index is 13.2. The summed E-state index contributed by atoms with van der Waals surface area (Å²) < 4.78 is 19.5. The van der Waals surface area contributed by atoms with Gasteiger partial charge in [-0.05, 0) is 17.7 Å². The first-order valence-electron chi connectivity index (χ1n) is 4.99. The number of hydrogen-bond donors (Lipinski definition) is 1. The summed E-state index contributed by atoms with van der Waals surface area (Å²) in [4.78, 5) is 0. The maximum Gasteiger partial charge on any atom is 0.165 e. The van der Waals surface area contributed by atoms with E-state index in [0.29, 0.717) is 11.3 Å². The summed E-state index contributed by atoms with van der Waals surface area (Å²) >= 11 is 0. The van der Waals surface area contributed by atoms with E-state index in [4.69, 9.17) is 4.74 Å². The fraction of sp³-hybridized carbons (Fsp3) is 0.273. The maximum absolute atomic E-state index is 13.2. The molecular weight excluding hydrogens is 225 g/mol. The summed E-state index contributed by atoms with van der Waals surface area (Å²) in [5, 5.41) is 17.5. The molecule has 0 aliphatic carbocycles.